The molecule has 0 aliphatic carbocycles. The minimum Gasteiger partial charge on any atom is -0.496 e. The minimum atomic E-state index is -1.96. The van der Waals surface area contributed by atoms with E-state index in [2.05, 4.69) is 20.8 Å². The number of ether oxygens (including phenoxy) is 2. The van der Waals surface area contributed by atoms with Crippen LogP contribution in [0.2, 0.25) is 0 Å². The summed E-state index contributed by atoms with van der Waals surface area (Å²) in [4.78, 5) is 12.4. The van der Waals surface area contributed by atoms with Crippen molar-refractivity contribution in [3.8, 4) is 11.5 Å². The van der Waals surface area contributed by atoms with Gasteiger partial charge in [-0.25, -0.2) is 4.79 Å². The fraction of sp³-hybridized carbons (Fsp3) is 0.562. The Morgan fingerprint density at radius 2 is 1.67 bits per heavy atom. The molecule has 4 nitrogen and oxygen atoms in total. The molecule has 0 aromatic heterocycles. The monoisotopic (exact) mass is 311 g/mol. The largest absolute Gasteiger partial charge is 0.496 e. The average molecular weight is 311 g/mol. The van der Waals surface area contributed by atoms with E-state index >= 15 is 0 Å². The van der Waals surface area contributed by atoms with Crippen LogP contribution in [0.5, 0.6) is 11.5 Å². The Labute approximate surface area is 127 Å². The standard InChI is InChI=1S/C16H24O4P/c1-16(2,3)10-7-11-21(18)15(17)14-12(19-4)8-6-9-13(14)20-5/h6,8-9H,7,10-11H2,1-5H3/q+1. The maximum absolute atomic E-state index is 12.4. The lowest BCUT2D eigenvalue weighted by Gasteiger charge is -2.15. The molecule has 0 aliphatic rings. The number of rotatable bonds is 7. The first kappa shape index (κ1) is 17.6. The Morgan fingerprint density at radius 1 is 1.14 bits per heavy atom. The summed E-state index contributed by atoms with van der Waals surface area (Å²) in [6.07, 6.45) is 2.10. The zero-order valence-electron chi connectivity index (χ0n) is 13.4. The molecule has 0 radical (unpaired) electrons. The van der Waals surface area contributed by atoms with Crippen LogP contribution in [0.3, 0.4) is 0 Å². The van der Waals surface area contributed by atoms with E-state index < -0.39 is 13.3 Å². The first-order valence-corrected chi connectivity index (χ1v) is 8.44. The fourth-order valence-electron chi connectivity index (χ4n) is 2.04. The van der Waals surface area contributed by atoms with Crippen LogP contribution in [-0.4, -0.2) is 25.9 Å². The molecule has 21 heavy (non-hydrogen) atoms. The summed E-state index contributed by atoms with van der Waals surface area (Å²) in [6, 6.07) is 5.09. The normalized spacial score (nSPS) is 12.0. The molecular formula is C16H24O4P+. The van der Waals surface area contributed by atoms with Crippen molar-refractivity contribution in [2.45, 2.75) is 33.6 Å². The molecule has 0 saturated carbocycles. The van der Waals surface area contributed by atoms with Gasteiger partial charge in [0.05, 0.1) is 14.2 Å². The van der Waals surface area contributed by atoms with E-state index in [-0.39, 0.29) is 11.0 Å². The van der Waals surface area contributed by atoms with Crippen LogP contribution in [0.1, 0.15) is 44.0 Å². The van der Waals surface area contributed by atoms with Gasteiger partial charge in [-0.1, -0.05) is 31.4 Å². The van der Waals surface area contributed by atoms with Gasteiger partial charge in [-0.3, -0.25) is 0 Å². The topological polar surface area (TPSA) is 52.6 Å². The van der Waals surface area contributed by atoms with Gasteiger partial charge >= 0.3 is 13.3 Å². The van der Waals surface area contributed by atoms with Crippen LogP contribution in [0, 0.1) is 5.41 Å². The highest BCUT2D eigenvalue weighted by Gasteiger charge is 2.35. The smallest absolute Gasteiger partial charge is 0.420 e. The van der Waals surface area contributed by atoms with Crippen molar-refractivity contribution in [3.63, 3.8) is 0 Å². The predicted molar refractivity (Wildman–Crippen MR) is 85.0 cm³/mol. The molecule has 0 spiro atoms. The molecule has 1 unspecified atom stereocenters. The van der Waals surface area contributed by atoms with Gasteiger partial charge in [-0.05, 0) is 30.4 Å². The second-order valence-electron chi connectivity index (χ2n) is 6.11. The summed E-state index contributed by atoms with van der Waals surface area (Å²) in [6.45, 7) is 6.39. The quantitative estimate of drug-likeness (QED) is 0.696. The molecule has 0 saturated heterocycles. The van der Waals surface area contributed by atoms with E-state index in [0.29, 0.717) is 17.7 Å². The van der Waals surface area contributed by atoms with Gasteiger partial charge in [-0.15, -0.1) is 0 Å². The maximum Gasteiger partial charge on any atom is 0.420 e. The Balaban J connectivity index is 2.86. The third-order valence-corrected chi connectivity index (χ3v) is 4.56. The molecule has 0 heterocycles. The number of carbonyl (C=O) groups excluding carboxylic acids is 1. The Bertz CT molecular complexity index is 495. The molecule has 1 aromatic carbocycles. The van der Waals surface area contributed by atoms with Crippen LogP contribution >= 0.6 is 7.80 Å². The van der Waals surface area contributed by atoms with Gasteiger partial charge in [0.1, 0.15) is 11.5 Å². The predicted octanol–water partition coefficient (Wildman–Crippen LogP) is 4.50. The van der Waals surface area contributed by atoms with Gasteiger partial charge in [0, 0.05) is 0 Å². The third kappa shape index (κ3) is 5.13. The molecular weight excluding hydrogens is 287 g/mol. The Morgan fingerprint density at radius 3 is 2.10 bits per heavy atom. The second-order valence-corrected chi connectivity index (χ2v) is 7.72. The molecule has 0 bridgehead atoms. The lowest BCUT2D eigenvalue weighted by atomic mass is 9.91. The summed E-state index contributed by atoms with van der Waals surface area (Å²) in [5.41, 5.74) is 0.0639. The first-order chi connectivity index (χ1) is 9.80. The van der Waals surface area contributed by atoms with Crippen LogP contribution in [0.25, 0.3) is 0 Å². The van der Waals surface area contributed by atoms with Crippen molar-refractivity contribution in [2.75, 3.05) is 20.4 Å². The van der Waals surface area contributed by atoms with Gasteiger partial charge in [0.25, 0.3) is 0 Å². The highest BCUT2D eigenvalue weighted by Crippen LogP contribution is 2.38. The highest BCUT2D eigenvalue weighted by molar-refractivity contribution is 7.64. The van der Waals surface area contributed by atoms with Crippen molar-refractivity contribution >= 4 is 13.3 Å². The van der Waals surface area contributed by atoms with E-state index in [1.165, 1.54) is 14.2 Å². The van der Waals surface area contributed by atoms with Crippen LogP contribution < -0.4 is 9.47 Å². The first-order valence-electron chi connectivity index (χ1n) is 7.00. The van der Waals surface area contributed by atoms with E-state index in [9.17, 15) is 9.36 Å². The second kappa shape index (κ2) is 7.56. The van der Waals surface area contributed by atoms with E-state index in [1.807, 2.05) is 0 Å². The molecule has 1 rings (SSSR count). The van der Waals surface area contributed by atoms with Crippen LogP contribution in [0.4, 0.5) is 0 Å². The van der Waals surface area contributed by atoms with Crippen LogP contribution in [0.15, 0.2) is 18.2 Å². The lowest BCUT2D eigenvalue weighted by molar-refractivity contribution is 0.107. The maximum atomic E-state index is 12.4. The third-order valence-electron chi connectivity index (χ3n) is 3.16. The zero-order valence-corrected chi connectivity index (χ0v) is 14.3. The SMILES string of the molecule is COc1cccc(OC)c1C(=O)[P+](=O)CCCC(C)(C)C. The van der Waals surface area contributed by atoms with Gasteiger partial charge < -0.3 is 9.47 Å². The summed E-state index contributed by atoms with van der Waals surface area (Å²) in [5.74, 6) is 0.803. The molecule has 0 aliphatic heterocycles. The van der Waals surface area contributed by atoms with E-state index in [4.69, 9.17) is 9.47 Å². The summed E-state index contributed by atoms with van der Waals surface area (Å²) in [5, 5.41) is 0. The molecule has 116 valence electrons. The van der Waals surface area contributed by atoms with Gasteiger partial charge in [-0.2, -0.15) is 0 Å². The van der Waals surface area contributed by atoms with E-state index in [1.54, 1.807) is 18.2 Å². The highest BCUT2D eigenvalue weighted by atomic mass is 31.1. The average Bonchev–Trinajstić information content (AvgIpc) is 2.43. The summed E-state index contributed by atoms with van der Waals surface area (Å²) in [7, 11) is 1.00. The van der Waals surface area contributed by atoms with Crippen molar-refractivity contribution in [1.82, 2.24) is 0 Å². The summed E-state index contributed by atoms with van der Waals surface area (Å²) < 4.78 is 22.6. The fourth-order valence-corrected chi connectivity index (χ4v) is 3.16. The van der Waals surface area contributed by atoms with Gasteiger partial charge in [0.15, 0.2) is 11.7 Å². The van der Waals surface area contributed by atoms with Crippen molar-refractivity contribution in [1.29, 1.82) is 0 Å². The molecule has 5 heteroatoms. The Kier molecular flexibility index (Phi) is 6.35. The number of hydrogen-bond donors (Lipinski definition) is 0. The molecule has 0 fully saturated rings. The zero-order chi connectivity index (χ0) is 16.0. The molecule has 1 aromatic rings. The van der Waals surface area contributed by atoms with E-state index in [0.717, 1.165) is 12.8 Å². The molecule has 1 atom stereocenters. The number of carbonyl (C=O) groups is 1. The number of methoxy groups -OCH3 is 2. The van der Waals surface area contributed by atoms with Gasteiger partial charge in [0.2, 0.25) is 0 Å². The van der Waals surface area contributed by atoms with Crippen molar-refractivity contribution in [2.24, 2.45) is 5.41 Å². The summed E-state index contributed by atoms with van der Waals surface area (Å²) >= 11 is 0. The Hall–Kier alpha value is -1.41. The van der Waals surface area contributed by atoms with Crippen LogP contribution in [-0.2, 0) is 4.57 Å². The van der Waals surface area contributed by atoms with Crippen molar-refractivity contribution in [3.05, 3.63) is 23.8 Å². The minimum absolute atomic E-state index is 0.182. The number of hydrogen-bond acceptors (Lipinski definition) is 4. The molecule has 0 N–H and O–H groups in total. The number of benzene rings is 1. The lowest BCUT2D eigenvalue weighted by Crippen LogP contribution is -2.06. The molecule has 0 amide bonds. The van der Waals surface area contributed by atoms with Crippen molar-refractivity contribution < 1.29 is 18.8 Å².